The van der Waals surface area contributed by atoms with Crippen LogP contribution in [0, 0.1) is 13.8 Å². The Kier molecular flexibility index (Phi) is 6.91. The van der Waals surface area contributed by atoms with Crippen molar-refractivity contribution in [2.24, 2.45) is 4.99 Å². The van der Waals surface area contributed by atoms with E-state index >= 15 is 0 Å². The molecule has 2 aromatic heterocycles. The second-order valence-electron chi connectivity index (χ2n) is 8.13. The van der Waals surface area contributed by atoms with Crippen molar-refractivity contribution in [2.45, 2.75) is 45.6 Å². The minimum atomic E-state index is 0.427. The number of rotatable bonds is 3. The van der Waals surface area contributed by atoms with Crippen LogP contribution in [0.1, 0.15) is 37.1 Å². The van der Waals surface area contributed by atoms with E-state index in [-0.39, 0.29) is 0 Å². The standard InChI is InChI=1S/C22H30N8S/c1-16-15-17(2)25-20(24-16)27-21(28-22(31)26-18-7-3-4-8-18)30-13-11-29(12-14-30)19-9-5-6-10-23-19/h5-6,9-10,15,18H,3-4,7-8,11-14H2,1-2H3,(H2,24,25,26,27,28,31). The summed E-state index contributed by atoms with van der Waals surface area (Å²) >= 11 is 5.58. The first-order chi connectivity index (χ1) is 15.1. The SMILES string of the molecule is Cc1cc(C)nc(N/C(=N/C(=S)NC2CCCC2)N2CCN(c3ccccn3)CC2)n1. The summed E-state index contributed by atoms with van der Waals surface area (Å²) in [6.45, 7) is 7.25. The van der Waals surface area contributed by atoms with Crippen LogP contribution < -0.4 is 15.5 Å². The Bertz CT molecular complexity index is 898. The molecule has 8 nitrogen and oxygen atoms in total. The molecule has 0 amide bonds. The average molecular weight is 439 g/mol. The molecule has 1 saturated heterocycles. The van der Waals surface area contributed by atoms with E-state index in [4.69, 9.17) is 17.2 Å². The number of nitrogens with zero attached hydrogens (tertiary/aromatic N) is 6. The van der Waals surface area contributed by atoms with Crippen molar-refractivity contribution in [3.63, 3.8) is 0 Å². The maximum Gasteiger partial charge on any atom is 0.229 e. The first kappa shape index (κ1) is 21.4. The monoisotopic (exact) mass is 438 g/mol. The van der Waals surface area contributed by atoms with Crippen LogP contribution in [0.3, 0.4) is 0 Å². The van der Waals surface area contributed by atoms with Gasteiger partial charge in [-0.2, -0.15) is 4.99 Å². The van der Waals surface area contributed by atoms with Crippen LogP contribution in [0.25, 0.3) is 0 Å². The quantitative estimate of drug-likeness (QED) is 0.430. The number of pyridine rings is 1. The Labute approximate surface area is 189 Å². The van der Waals surface area contributed by atoms with Gasteiger partial charge >= 0.3 is 0 Å². The number of piperazine rings is 1. The zero-order valence-electron chi connectivity index (χ0n) is 18.2. The Morgan fingerprint density at radius 2 is 1.77 bits per heavy atom. The van der Waals surface area contributed by atoms with Gasteiger partial charge in [0.2, 0.25) is 11.9 Å². The fourth-order valence-electron chi connectivity index (χ4n) is 4.12. The zero-order valence-corrected chi connectivity index (χ0v) is 19.0. The summed E-state index contributed by atoms with van der Waals surface area (Å²) < 4.78 is 0. The van der Waals surface area contributed by atoms with E-state index in [1.165, 1.54) is 12.8 Å². The second-order valence-corrected chi connectivity index (χ2v) is 8.51. The molecule has 0 aromatic carbocycles. The van der Waals surface area contributed by atoms with Gasteiger partial charge in [-0.05, 0) is 57.1 Å². The van der Waals surface area contributed by atoms with Crippen LogP contribution in [0.2, 0.25) is 0 Å². The predicted molar refractivity (Wildman–Crippen MR) is 129 cm³/mol. The van der Waals surface area contributed by atoms with Crippen LogP contribution in [0.5, 0.6) is 0 Å². The van der Waals surface area contributed by atoms with E-state index in [1.807, 2.05) is 44.3 Å². The number of nitrogens with one attached hydrogen (secondary N) is 2. The molecule has 0 unspecified atom stereocenters. The van der Waals surface area contributed by atoms with Crippen LogP contribution in [0.4, 0.5) is 11.8 Å². The van der Waals surface area contributed by atoms with E-state index in [1.54, 1.807) is 0 Å². The Hall–Kier alpha value is -2.81. The van der Waals surface area contributed by atoms with Crippen molar-refractivity contribution >= 4 is 35.1 Å². The Morgan fingerprint density at radius 1 is 1.06 bits per heavy atom. The van der Waals surface area contributed by atoms with Gasteiger partial charge in [0.1, 0.15) is 5.82 Å². The lowest BCUT2D eigenvalue weighted by Gasteiger charge is -2.37. The van der Waals surface area contributed by atoms with Gasteiger partial charge in [-0.25, -0.2) is 15.0 Å². The van der Waals surface area contributed by atoms with Crippen LogP contribution in [-0.2, 0) is 0 Å². The summed E-state index contributed by atoms with van der Waals surface area (Å²) in [5.74, 6) is 2.25. The van der Waals surface area contributed by atoms with Crippen molar-refractivity contribution in [1.82, 2.24) is 25.2 Å². The third kappa shape index (κ3) is 5.88. The lowest BCUT2D eigenvalue weighted by Crippen LogP contribution is -2.51. The molecule has 0 atom stereocenters. The fraction of sp³-hybridized carbons (Fsp3) is 0.500. The molecular weight excluding hydrogens is 408 g/mol. The summed E-state index contributed by atoms with van der Waals surface area (Å²) in [5, 5.41) is 7.26. The average Bonchev–Trinajstić information content (AvgIpc) is 3.26. The number of aromatic nitrogens is 3. The molecule has 0 bridgehead atoms. The van der Waals surface area contributed by atoms with Gasteiger partial charge < -0.3 is 15.1 Å². The smallest absolute Gasteiger partial charge is 0.229 e. The molecule has 0 spiro atoms. The van der Waals surface area contributed by atoms with E-state index < -0.39 is 0 Å². The summed E-state index contributed by atoms with van der Waals surface area (Å²) in [6.07, 6.45) is 6.64. The van der Waals surface area contributed by atoms with Gasteiger partial charge in [-0.1, -0.05) is 18.9 Å². The minimum Gasteiger partial charge on any atom is -0.358 e. The highest BCUT2D eigenvalue weighted by atomic mass is 32.1. The topological polar surface area (TPSA) is 81.6 Å². The third-order valence-corrected chi connectivity index (χ3v) is 5.86. The maximum absolute atomic E-state index is 5.58. The highest BCUT2D eigenvalue weighted by molar-refractivity contribution is 7.80. The predicted octanol–water partition coefficient (Wildman–Crippen LogP) is 2.90. The van der Waals surface area contributed by atoms with E-state index in [0.29, 0.717) is 23.1 Å². The number of guanidine groups is 1. The molecule has 1 aliphatic heterocycles. The van der Waals surface area contributed by atoms with Gasteiger partial charge in [0.25, 0.3) is 0 Å². The fourth-order valence-corrected chi connectivity index (χ4v) is 4.37. The number of hydrogen-bond donors (Lipinski definition) is 2. The number of thiocarbonyl (C=S) groups is 1. The van der Waals surface area contributed by atoms with Crippen molar-refractivity contribution in [1.29, 1.82) is 0 Å². The van der Waals surface area contributed by atoms with Crippen LogP contribution in [-0.4, -0.2) is 63.1 Å². The number of aliphatic imine (C=N–C) groups is 1. The molecule has 2 aromatic rings. The number of hydrogen-bond acceptors (Lipinski definition) is 5. The van der Waals surface area contributed by atoms with E-state index in [9.17, 15) is 0 Å². The number of aryl methyl sites for hydroxylation is 2. The van der Waals surface area contributed by atoms with Crippen molar-refractivity contribution in [3.05, 3.63) is 41.9 Å². The minimum absolute atomic E-state index is 0.427. The Morgan fingerprint density at radius 3 is 2.42 bits per heavy atom. The molecule has 2 N–H and O–H groups in total. The normalized spacial score (nSPS) is 17.7. The molecular formula is C22H30N8S. The molecule has 1 aliphatic carbocycles. The van der Waals surface area contributed by atoms with Crippen molar-refractivity contribution < 1.29 is 0 Å². The van der Waals surface area contributed by atoms with Gasteiger partial charge in [-0.15, -0.1) is 0 Å². The van der Waals surface area contributed by atoms with E-state index in [0.717, 1.165) is 56.2 Å². The first-order valence-electron chi connectivity index (χ1n) is 11.0. The van der Waals surface area contributed by atoms with Crippen molar-refractivity contribution in [2.75, 3.05) is 36.4 Å². The van der Waals surface area contributed by atoms with Crippen LogP contribution in [0.15, 0.2) is 35.5 Å². The first-order valence-corrected chi connectivity index (χ1v) is 11.4. The van der Waals surface area contributed by atoms with Gasteiger partial charge in [0.15, 0.2) is 5.11 Å². The van der Waals surface area contributed by atoms with Gasteiger partial charge in [-0.3, -0.25) is 5.32 Å². The third-order valence-electron chi connectivity index (χ3n) is 5.65. The summed E-state index contributed by atoms with van der Waals surface area (Å²) in [6, 6.07) is 8.40. The highest BCUT2D eigenvalue weighted by Crippen LogP contribution is 2.18. The molecule has 1 saturated carbocycles. The number of anilines is 2. The van der Waals surface area contributed by atoms with E-state index in [2.05, 4.69) is 35.4 Å². The molecule has 2 fully saturated rings. The molecule has 2 aliphatic rings. The summed E-state index contributed by atoms with van der Waals surface area (Å²) in [7, 11) is 0. The van der Waals surface area contributed by atoms with Crippen molar-refractivity contribution in [3.8, 4) is 0 Å². The molecule has 4 rings (SSSR count). The Balaban J connectivity index is 1.49. The largest absolute Gasteiger partial charge is 0.358 e. The lowest BCUT2D eigenvalue weighted by atomic mass is 10.3. The second kappa shape index (κ2) is 10.00. The maximum atomic E-state index is 5.58. The molecule has 0 radical (unpaired) electrons. The zero-order chi connectivity index (χ0) is 21.6. The highest BCUT2D eigenvalue weighted by Gasteiger charge is 2.23. The van der Waals surface area contributed by atoms with Gasteiger partial charge in [0.05, 0.1) is 0 Å². The molecule has 9 heteroatoms. The summed E-state index contributed by atoms with van der Waals surface area (Å²) in [4.78, 5) is 22.8. The summed E-state index contributed by atoms with van der Waals surface area (Å²) in [5.41, 5.74) is 1.84. The van der Waals surface area contributed by atoms with Gasteiger partial charge in [0, 0.05) is 49.8 Å². The molecule has 164 valence electrons. The molecule has 3 heterocycles. The lowest BCUT2D eigenvalue weighted by molar-refractivity contribution is 0.383. The molecule has 31 heavy (non-hydrogen) atoms. The van der Waals surface area contributed by atoms with Crippen LogP contribution >= 0.6 is 12.2 Å².